The summed E-state index contributed by atoms with van der Waals surface area (Å²) < 4.78 is 5.41. The zero-order chi connectivity index (χ0) is 12.5. The largest absolute Gasteiger partial charge is 0.507 e. The Labute approximate surface area is 105 Å². The van der Waals surface area contributed by atoms with Crippen LogP contribution in [0.2, 0.25) is 0 Å². The molecule has 2 aromatic rings. The van der Waals surface area contributed by atoms with Crippen LogP contribution in [-0.2, 0) is 4.74 Å². The van der Waals surface area contributed by atoms with Gasteiger partial charge < -0.3 is 9.84 Å². The highest BCUT2D eigenvalue weighted by Gasteiger charge is 2.46. The van der Waals surface area contributed by atoms with Gasteiger partial charge in [0.25, 0.3) is 0 Å². The van der Waals surface area contributed by atoms with Crippen molar-refractivity contribution in [2.24, 2.45) is 0 Å². The number of rotatable bonds is 3. The molecule has 1 aliphatic rings. The predicted octanol–water partition coefficient (Wildman–Crippen LogP) is 2.72. The molecule has 1 saturated heterocycles. The quantitative estimate of drug-likeness (QED) is 0.663. The summed E-state index contributed by atoms with van der Waals surface area (Å²) in [6.45, 7) is 0. The van der Waals surface area contributed by atoms with Gasteiger partial charge in [0.05, 0.1) is 5.56 Å². The Kier molecular flexibility index (Phi) is 2.61. The number of phenolic OH excluding ortho intramolecular Hbond substituents is 1. The monoisotopic (exact) mass is 240 g/mol. The molecule has 0 saturated carbocycles. The first kappa shape index (κ1) is 11.0. The minimum atomic E-state index is -0.472. The summed E-state index contributed by atoms with van der Waals surface area (Å²) in [4.78, 5) is 12.1. The molecular formula is C15H12O3. The SMILES string of the molecule is O=C(c1ccccc1O)[C@H]1O[C@@H]1c1ccccc1. The van der Waals surface area contributed by atoms with Gasteiger partial charge in [-0.05, 0) is 17.7 Å². The molecule has 1 heterocycles. The van der Waals surface area contributed by atoms with Crippen molar-refractivity contribution in [2.75, 3.05) is 0 Å². The van der Waals surface area contributed by atoms with E-state index in [4.69, 9.17) is 4.74 Å². The van der Waals surface area contributed by atoms with Gasteiger partial charge in [-0.2, -0.15) is 0 Å². The number of hydrogen-bond acceptors (Lipinski definition) is 3. The topological polar surface area (TPSA) is 49.8 Å². The van der Waals surface area contributed by atoms with Crippen molar-refractivity contribution in [3.05, 3.63) is 65.7 Å². The van der Waals surface area contributed by atoms with Crippen LogP contribution in [0.4, 0.5) is 0 Å². The van der Waals surface area contributed by atoms with Crippen molar-refractivity contribution >= 4 is 5.78 Å². The van der Waals surface area contributed by atoms with Crippen LogP contribution in [0.15, 0.2) is 54.6 Å². The van der Waals surface area contributed by atoms with Crippen molar-refractivity contribution in [1.82, 2.24) is 0 Å². The number of carbonyl (C=O) groups excluding carboxylic acids is 1. The van der Waals surface area contributed by atoms with Crippen molar-refractivity contribution in [2.45, 2.75) is 12.2 Å². The van der Waals surface area contributed by atoms with Gasteiger partial charge in [-0.1, -0.05) is 42.5 Å². The normalized spacial score (nSPS) is 21.6. The lowest BCUT2D eigenvalue weighted by atomic mass is 10.0. The Hall–Kier alpha value is -2.13. The van der Waals surface area contributed by atoms with Gasteiger partial charge in [0, 0.05) is 0 Å². The van der Waals surface area contributed by atoms with Crippen LogP contribution in [0.25, 0.3) is 0 Å². The molecule has 2 aromatic carbocycles. The molecule has 0 unspecified atom stereocenters. The number of carbonyl (C=O) groups is 1. The lowest BCUT2D eigenvalue weighted by Crippen LogP contribution is -2.08. The van der Waals surface area contributed by atoms with Crippen LogP contribution in [0.5, 0.6) is 5.75 Å². The zero-order valence-electron chi connectivity index (χ0n) is 9.61. The number of ether oxygens (including phenoxy) is 1. The van der Waals surface area contributed by atoms with E-state index in [2.05, 4.69) is 0 Å². The number of phenols is 1. The molecule has 0 bridgehead atoms. The fourth-order valence-electron chi connectivity index (χ4n) is 2.04. The molecule has 90 valence electrons. The number of epoxide rings is 1. The van der Waals surface area contributed by atoms with E-state index in [9.17, 15) is 9.90 Å². The van der Waals surface area contributed by atoms with E-state index in [1.807, 2.05) is 30.3 Å². The Morgan fingerprint density at radius 1 is 1.00 bits per heavy atom. The molecule has 0 amide bonds. The molecule has 0 aromatic heterocycles. The van der Waals surface area contributed by atoms with Gasteiger partial charge in [0.1, 0.15) is 11.9 Å². The number of aromatic hydroxyl groups is 1. The van der Waals surface area contributed by atoms with Crippen molar-refractivity contribution in [1.29, 1.82) is 0 Å². The molecule has 1 fully saturated rings. The van der Waals surface area contributed by atoms with Crippen LogP contribution in [-0.4, -0.2) is 17.0 Å². The Balaban J connectivity index is 1.80. The Morgan fingerprint density at radius 2 is 1.67 bits per heavy atom. The van der Waals surface area contributed by atoms with E-state index >= 15 is 0 Å². The molecule has 1 N–H and O–H groups in total. The van der Waals surface area contributed by atoms with Crippen molar-refractivity contribution in [3.63, 3.8) is 0 Å². The van der Waals surface area contributed by atoms with Crippen molar-refractivity contribution in [3.8, 4) is 5.75 Å². The third-order valence-electron chi connectivity index (χ3n) is 3.05. The van der Waals surface area contributed by atoms with Crippen LogP contribution >= 0.6 is 0 Å². The van der Waals surface area contributed by atoms with Gasteiger partial charge in [-0.15, -0.1) is 0 Å². The summed E-state index contributed by atoms with van der Waals surface area (Å²) in [6, 6.07) is 16.2. The van der Waals surface area contributed by atoms with Gasteiger partial charge in [-0.25, -0.2) is 0 Å². The maximum absolute atomic E-state index is 12.1. The van der Waals surface area contributed by atoms with E-state index in [0.29, 0.717) is 5.56 Å². The molecular weight excluding hydrogens is 228 g/mol. The number of hydrogen-bond donors (Lipinski definition) is 1. The van der Waals surface area contributed by atoms with E-state index in [1.54, 1.807) is 18.2 Å². The summed E-state index contributed by atoms with van der Waals surface area (Å²) in [5.74, 6) is -0.160. The fraction of sp³-hybridized carbons (Fsp3) is 0.133. The molecule has 18 heavy (non-hydrogen) atoms. The summed E-state index contributed by atoms with van der Waals surface area (Å²) in [6.07, 6.45) is -0.654. The summed E-state index contributed by atoms with van der Waals surface area (Å²) in [5.41, 5.74) is 1.31. The summed E-state index contributed by atoms with van der Waals surface area (Å²) in [7, 11) is 0. The maximum atomic E-state index is 12.1. The first-order valence-electron chi connectivity index (χ1n) is 5.80. The van der Waals surface area contributed by atoms with Gasteiger partial charge >= 0.3 is 0 Å². The molecule has 3 rings (SSSR count). The molecule has 3 heteroatoms. The standard InChI is InChI=1S/C15H12O3/c16-12-9-5-4-8-11(12)13(17)15-14(18-15)10-6-2-1-3-7-10/h1-9,14-16H/t14-,15-/m1/s1. The number of ketones is 1. The van der Waals surface area contributed by atoms with Gasteiger partial charge in [0.15, 0.2) is 11.9 Å². The second-order valence-electron chi connectivity index (χ2n) is 4.27. The lowest BCUT2D eigenvalue weighted by molar-refractivity contribution is 0.0951. The number of para-hydroxylation sites is 1. The molecule has 2 atom stereocenters. The average molecular weight is 240 g/mol. The molecule has 1 aliphatic heterocycles. The Bertz CT molecular complexity index is 577. The first-order valence-corrected chi connectivity index (χ1v) is 5.80. The first-order chi connectivity index (χ1) is 8.77. The van der Waals surface area contributed by atoms with Crippen LogP contribution < -0.4 is 0 Å². The van der Waals surface area contributed by atoms with E-state index < -0.39 is 6.10 Å². The highest BCUT2D eigenvalue weighted by molar-refractivity contribution is 6.03. The summed E-state index contributed by atoms with van der Waals surface area (Å²) in [5, 5.41) is 9.64. The highest BCUT2D eigenvalue weighted by Crippen LogP contribution is 2.41. The number of Topliss-reactive ketones (excluding diaryl/α,β-unsaturated/α-hetero) is 1. The average Bonchev–Trinajstić information content (AvgIpc) is 3.20. The minimum absolute atomic E-state index is 0.00446. The maximum Gasteiger partial charge on any atom is 0.198 e. The molecule has 0 aliphatic carbocycles. The summed E-state index contributed by atoms with van der Waals surface area (Å²) >= 11 is 0. The minimum Gasteiger partial charge on any atom is -0.507 e. The molecule has 0 radical (unpaired) electrons. The van der Waals surface area contributed by atoms with Crippen LogP contribution in [0.1, 0.15) is 22.0 Å². The van der Waals surface area contributed by atoms with Crippen molar-refractivity contribution < 1.29 is 14.6 Å². The zero-order valence-corrected chi connectivity index (χ0v) is 9.61. The molecule has 0 spiro atoms. The van der Waals surface area contributed by atoms with Gasteiger partial charge in [-0.3, -0.25) is 4.79 Å². The van der Waals surface area contributed by atoms with Crippen LogP contribution in [0.3, 0.4) is 0 Å². The number of benzene rings is 2. The second kappa shape index (κ2) is 4.27. The lowest BCUT2D eigenvalue weighted by Gasteiger charge is -2.00. The fourth-order valence-corrected chi connectivity index (χ4v) is 2.04. The van der Waals surface area contributed by atoms with Crippen LogP contribution in [0, 0.1) is 0 Å². The van der Waals surface area contributed by atoms with E-state index in [1.165, 1.54) is 6.07 Å². The Morgan fingerprint density at radius 3 is 2.39 bits per heavy atom. The predicted molar refractivity (Wildman–Crippen MR) is 66.5 cm³/mol. The van der Waals surface area contributed by atoms with E-state index in [0.717, 1.165) is 5.56 Å². The highest BCUT2D eigenvalue weighted by atomic mass is 16.6. The van der Waals surface area contributed by atoms with E-state index in [-0.39, 0.29) is 17.6 Å². The molecule has 3 nitrogen and oxygen atoms in total. The smallest absolute Gasteiger partial charge is 0.198 e. The second-order valence-corrected chi connectivity index (χ2v) is 4.27. The van der Waals surface area contributed by atoms with Gasteiger partial charge in [0.2, 0.25) is 0 Å². The third kappa shape index (κ3) is 1.89. The third-order valence-corrected chi connectivity index (χ3v) is 3.05.